The van der Waals surface area contributed by atoms with Gasteiger partial charge >= 0.3 is 0 Å². The molecule has 0 amide bonds. The van der Waals surface area contributed by atoms with E-state index < -0.39 is 0 Å². The van der Waals surface area contributed by atoms with Gasteiger partial charge in [0.15, 0.2) is 0 Å². The number of hydrogen-bond acceptors (Lipinski definition) is 5. The highest BCUT2D eigenvalue weighted by Gasteiger charge is 2.36. The van der Waals surface area contributed by atoms with Crippen LogP contribution in [0, 0.1) is 17.2 Å². The maximum atomic E-state index is 12.8. The van der Waals surface area contributed by atoms with Crippen molar-refractivity contribution in [3.8, 4) is 17.3 Å². The predicted molar refractivity (Wildman–Crippen MR) is 106 cm³/mol. The van der Waals surface area contributed by atoms with E-state index >= 15 is 0 Å². The molecule has 138 valence electrons. The molecule has 0 saturated carbocycles. The van der Waals surface area contributed by atoms with E-state index in [0.29, 0.717) is 18.0 Å². The number of nitrogens with zero attached hydrogens (tertiary/aromatic N) is 5. The third kappa shape index (κ3) is 2.76. The maximum absolute atomic E-state index is 12.8. The minimum Gasteiger partial charge on any atom is -0.355 e. The number of fused-ring (bicyclic) bond motifs is 4. The Hall–Kier alpha value is -3.46. The van der Waals surface area contributed by atoms with Gasteiger partial charge in [0.2, 0.25) is 0 Å². The van der Waals surface area contributed by atoms with Gasteiger partial charge in [-0.25, -0.2) is 4.98 Å². The molecule has 0 aromatic carbocycles. The Kier molecular flexibility index (Phi) is 3.94. The molecule has 0 radical (unpaired) electrons. The zero-order valence-electron chi connectivity index (χ0n) is 15.3. The average molecular weight is 369 g/mol. The monoisotopic (exact) mass is 369 g/mol. The Morgan fingerprint density at radius 2 is 1.93 bits per heavy atom. The second-order valence-electron chi connectivity index (χ2n) is 7.52. The van der Waals surface area contributed by atoms with Crippen LogP contribution in [0.5, 0.6) is 0 Å². The summed E-state index contributed by atoms with van der Waals surface area (Å²) >= 11 is 0. The van der Waals surface area contributed by atoms with Crippen molar-refractivity contribution in [1.82, 2.24) is 14.5 Å². The van der Waals surface area contributed by atoms with Crippen molar-refractivity contribution in [3.63, 3.8) is 0 Å². The van der Waals surface area contributed by atoms with Crippen LogP contribution in [0.3, 0.4) is 0 Å². The Labute approximate surface area is 162 Å². The Morgan fingerprint density at radius 3 is 2.75 bits per heavy atom. The number of rotatable bonds is 2. The van der Waals surface area contributed by atoms with E-state index in [1.54, 1.807) is 24.5 Å². The zero-order chi connectivity index (χ0) is 19.1. The molecule has 1 saturated heterocycles. The normalized spacial score (nSPS) is 20.3. The first-order valence-electron chi connectivity index (χ1n) is 9.49. The van der Waals surface area contributed by atoms with Crippen molar-refractivity contribution in [2.24, 2.45) is 5.92 Å². The smallest absolute Gasteiger partial charge is 0.251 e. The highest BCUT2D eigenvalue weighted by atomic mass is 16.1. The molecule has 6 heteroatoms. The lowest BCUT2D eigenvalue weighted by atomic mass is 9.82. The molecule has 5 heterocycles. The van der Waals surface area contributed by atoms with Crippen molar-refractivity contribution < 1.29 is 0 Å². The molecule has 0 spiro atoms. The van der Waals surface area contributed by atoms with E-state index in [1.165, 1.54) is 0 Å². The number of aromatic nitrogens is 3. The minimum atomic E-state index is 0.0388. The van der Waals surface area contributed by atoms with Crippen molar-refractivity contribution in [3.05, 3.63) is 76.5 Å². The summed E-state index contributed by atoms with van der Waals surface area (Å²) in [7, 11) is 0. The van der Waals surface area contributed by atoms with Crippen LogP contribution in [0.15, 0.2) is 59.7 Å². The quantitative estimate of drug-likeness (QED) is 0.694. The minimum absolute atomic E-state index is 0.0388. The summed E-state index contributed by atoms with van der Waals surface area (Å²) in [6.07, 6.45) is 4.53. The van der Waals surface area contributed by atoms with Gasteiger partial charge in [0.1, 0.15) is 11.9 Å². The standard InChI is InChI=1S/C22H19N5O/c23-11-16-4-3-7-25-22(16)26-12-15-8-18(14-26)20-9-17(10-21(28)27(20)13-15)19-5-1-2-6-24-19/h1-7,9-10,15,18H,8,12-14H2/t15-,18+/m0/s1. The molecule has 28 heavy (non-hydrogen) atoms. The first-order valence-corrected chi connectivity index (χ1v) is 9.49. The van der Waals surface area contributed by atoms with E-state index in [-0.39, 0.29) is 11.5 Å². The summed E-state index contributed by atoms with van der Waals surface area (Å²) in [6.45, 7) is 2.28. The summed E-state index contributed by atoms with van der Waals surface area (Å²) in [6, 6.07) is 15.4. The molecule has 2 aliphatic heterocycles. The fourth-order valence-electron chi connectivity index (χ4n) is 4.55. The highest BCUT2D eigenvalue weighted by molar-refractivity contribution is 5.60. The second kappa shape index (κ2) is 6.61. The van der Waals surface area contributed by atoms with Crippen molar-refractivity contribution >= 4 is 5.82 Å². The van der Waals surface area contributed by atoms with Crippen LogP contribution >= 0.6 is 0 Å². The van der Waals surface area contributed by atoms with Crippen LogP contribution in [0.1, 0.15) is 23.6 Å². The van der Waals surface area contributed by atoms with Crippen LogP contribution < -0.4 is 10.5 Å². The van der Waals surface area contributed by atoms with Crippen LogP contribution in [-0.2, 0) is 6.54 Å². The van der Waals surface area contributed by atoms with E-state index in [4.69, 9.17) is 0 Å². The number of hydrogen-bond donors (Lipinski definition) is 0. The molecule has 2 atom stereocenters. The first kappa shape index (κ1) is 16.7. The van der Waals surface area contributed by atoms with E-state index in [1.807, 2.05) is 28.8 Å². The van der Waals surface area contributed by atoms with Crippen LogP contribution in [-0.4, -0.2) is 27.6 Å². The molecular formula is C22H19N5O. The summed E-state index contributed by atoms with van der Waals surface area (Å²) in [5.74, 6) is 1.35. The lowest BCUT2D eigenvalue weighted by Crippen LogP contribution is -2.47. The van der Waals surface area contributed by atoms with Gasteiger partial charge in [-0.05, 0) is 42.7 Å². The van der Waals surface area contributed by atoms with Gasteiger partial charge in [0, 0.05) is 55.3 Å². The van der Waals surface area contributed by atoms with Gasteiger partial charge in [0.05, 0.1) is 11.3 Å². The maximum Gasteiger partial charge on any atom is 0.251 e. The largest absolute Gasteiger partial charge is 0.355 e. The van der Waals surface area contributed by atoms with Gasteiger partial charge in [-0.2, -0.15) is 5.26 Å². The number of anilines is 1. The fraction of sp³-hybridized carbons (Fsp3) is 0.273. The van der Waals surface area contributed by atoms with E-state index in [0.717, 1.165) is 42.3 Å². The Morgan fingerprint density at radius 1 is 1.04 bits per heavy atom. The summed E-state index contributed by atoms with van der Waals surface area (Å²) in [4.78, 5) is 23.9. The molecule has 3 aromatic rings. The number of pyridine rings is 3. The summed E-state index contributed by atoms with van der Waals surface area (Å²) in [5.41, 5.74) is 3.37. The lowest BCUT2D eigenvalue weighted by Gasteiger charge is -2.43. The molecule has 0 unspecified atom stereocenters. The molecule has 0 aliphatic carbocycles. The number of piperidine rings is 1. The third-order valence-corrected chi connectivity index (χ3v) is 5.72. The molecule has 3 aromatic heterocycles. The first-order chi connectivity index (χ1) is 13.7. The van der Waals surface area contributed by atoms with E-state index in [2.05, 4.69) is 27.0 Å². The highest BCUT2D eigenvalue weighted by Crippen LogP contribution is 2.38. The summed E-state index contributed by atoms with van der Waals surface area (Å²) < 4.78 is 1.92. The summed E-state index contributed by atoms with van der Waals surface area (Å²) in [5, 5.41) is 9.44. The van der Waals surface area contributed by atoms with Crippen LogP contribution in [0.2, 0.25) is 0 Å². The zero-order valence-corrected chi connectivity index (χ0v) is 15.3. The molecular weight excluding hydrogens is 350 g/mol. The molecule has 2 aliphatic rings. The molecule has 6 nitrogen and oxygen atoms in total. The van der Waals surface area contributed by atoms with Crippen LogP contribution in [0.25, 0.3) is 11.3 Å². The lowest BCUT2D eigenvalue weighted by molar-refractivity contribution is 0.280. The second-order valence-corrected chi connectivity index (χ2v) is 7.52. The predicted octanol–water partition coefficient (Wildman–Crippen LogP) is 2.80. The van der Waals surface area contributed by atoms with Gasteiger partial charge in [-0.15, -0.1) is 0 Å². The number of nitriles is 1. The van der Waals surface area contributed by atoms with Crippen LogP contribution in [0.4, 0.5) is 5.82 Å². The van der Waals surface area contributed by atoms with Gasteiger partial charge in [-0.3, -0.25) is 9.78 Å². The fourth-order valence-corrected chi connectivity index (χ4v) is 4.55. The van der Waals surface area contributed by atoms with Gasteiger partial charge in [0.25, 0.3) is 5.56 Å². The van der Waals surface area contributed by atoms with Gasteiger partial charge < -0.3 is 9.47 Å². The molecule has 1 fully saturated rings. The third-order valence-electron chi connectivity index (χ3n) is 5.72. The van der Waals surface area contributed by atoms with Crippen molar-refractivity contribution in [2.45, 2.75) is 18.9 Å². The molecule has 2 bridgehead atoms. The van der Waals surface area contributed by atoms with Gasteiger partial charge in [-0.1, -0.05) is 6.07 Å². The topological polar surface area (TPSA) is 74.8 Å². The Balaban J connectivity index is 1.55. The van der Waals surface area contributed by atoms with E-state index in [9.17, 15) is 10.1 Å². The molecule has 0 N–H and O–H groups in total. The molecule has 5 rings (SSSR count). The van der Waals surface area contributed by atoms with Crippen molar-refractivity contribution in [1.29, 1.82) is 5.26 Å². The SMILES string of the molecule is N#Cc1cccnc1N1C[C@@H]2C[C@H](C1)c1cc(-c3ccccn3)cc(=O)n1C2. The average Bonchev–Trinajstić information content (AvgIpc) is 2.75. The van der Waals surface area contributed by atoms with Crippen molar-refractivity contribution in [2.75, 3.05) is 18.0 Å². The Bertz CT molecular complexity index is 1130.